The summed E-state index contributed by atoms with van der Waals surface area (Å²) in [4.78, 5) is 17.4. The van der Waals surface area contributed by atoms with Crippen LogP contribution in [0.1, 0.15) is 60.9 Å². The van der Waals surface area contributed by atoms with Gasteiger partial charge in [0, 0.05) is 50.5 Å². The van der Waals surface area contributed by atoms with E-state index in [2.05, 4.69) is 34.2 Å². The molecule has 0 bridgehead atoms. The zero-order valence-electron chi connectivity index (χ0n) is 23.0. The average Bonchev–Trinajstić information content (AvgIpc) is 2.94. The molecule has 208 valence electrons. The van der Waals surface area contributed by atoms with Gasteiger partial charge in [0.2, 0.25) is 0 Å². The number of para-hydroxylation sites is 1. The minimum absolute atomic E-state index is 0.0198. The molecule has 1 aliphatic carbocycles. The molecule has 1 amide bonds. The Bertz CT molecular complexity index is 1030. The molecule has 1 saturated carbocycles. The van der Waals surface area contributed by atoms with Crippen LogP contribution in [-0.2, 0) is 4.74 Å². The Hall–Kier alpha value is -2.28. The number of rotatable bonds is 11. The Balaban J connectivity index is 1.11. The minimum Gasteiger partial charge on any atom is -0.507 e. The van der Waals surface area contributed by atoms with Crippen molar-refractivity contribution in [3.8, 4) is 5.75 Å². The van der Waals surface area contributed by atoms with Gasteiger partial charge in [0.15, 0.2) is 0 Å². The lowest BCUT2D eigenvalue weighted by molar-refractivity contribution is 0.0212. The third-order valence-corrected chi connectivity index (χ3v) is 9.03. The summed E-state index contributed by atoms with van der Waals surface area (Å²) in [6, 6.07) is 12.9. The molecule has 0 radical (unpaired) electrons. The highest BCUT2D eigenvalue weighted by Gasteiger charge is 2.28. The molecule has 1 atom stereocenters. The molecular weight excluding hydrogens is 498 g/mol. The third-order valence-electron chi connectivity index (χ3n) is 8.63. The number of benzene rings is 2. The van der Waals surface area contributed by atoms with Crippen molar-refractivity contribution in [2.24, 2.45) is 11.8 Å². The lowest BCUT2D eigenvalue weighted by Gasteiger charge is -2.38. The summed E-state index contributed by atoms with van der Waals surface area (Å²) in [5.41, 5.74) is 2.79. The summed E-state index contributed by atoms with van der Waals surface area (Å²) >= 11 is 6.34. The summed E-state index contributed by atoms with van der Waals surface area (Å²) in [5.74, 6) is 1.22. The molecule has 1 unspecified atom stereocenters. The number of amides is 1. The van der Waals surface area contributed by atoms with Crippen molar-refractivity contribution in [3.63, 3.8) is 0 Å². The van der Waals surface area contributed by atoms with Gasteiger partial charge in [0.1, 0.15) is 5.75 Å². The van der Waals surface area contributed by atoms with Crippen LogP contribution in [0.3, 0.4) is 0 Å². The number of aromatic hydroxyl groups is 1. The molecule has 1 aliphatic heterocycles. The van der Waals surface area contributed by atoms with Gasteiger partial charge in [-0.25, -0.2) is 0 Å². The van der Waals surface area contributed by atoms with E-state index < -0.39 is 0 Å². The monoisotopic (exact) mass is 541 g/mol. The van der Waals surface area contributed by atoms with E-state index in [0.717, 1.165) is 50.0 Å². The van der Waals surface area contributed by atoms with Crippen molar-refractivity contribution in [2.75, 3.05) is 51.3 Å². The first-order valence-electron chi connectivity index (χ1n) is 14.3. The predicted molar refractivity (Wildman–Crippen MR) is 155 cm³/mol. The molecule has 0 spiro atoms. The zero-order chi connectivity index (χ0) is 26.9. The molecule has 0 aromatic heterocycles. The van der Waals surface area contributed by atoms with Crippen LogP contribution >= 0.6 is 11.6 Å². The fourth-order valence-electron chi connectivity index (χ4n) is 6.18. The van der Waals surface area contributed by atoms with E-state index in [1.165, 1.54) is 56.0 Å². The van der Waals surface area contributed by atoms with E-state index in [4.69, 9.17) is 16.3 Å². The molecule has 2 aromatic rings. The summed E-state index contributed by atoms with van der Waals surface area (Å²) < 4.78 is 5.88. The first-order chi connectivity index (χ1) is 18.5. The van der Waals surface area contributed by atoms with Crippen LogP contribution in [0.25, 0.3) is 0 Å². The Morgan fingerprint density at radius 3 is 2.53 bits per heavy atom. The molecule has 1 saturated heterocycles. The number of piperazine rings is 1. The second kappa shape index (κ2) is 14.2. The standard InChI is InChI=1S/C31H44ClN3O3/c1-23-27(32)8-5-9-28(23)35-21-19-34(20-22-35)18-16-24-12-14-25(15-13-24)30(38-2)11-6-17-33-31(37)26-7-3-4-10-29(26)36/h3-5,7-10,24-25,30,36H,6,11-22H2,1-2H3,(H,33,37). The number of hydrogen-bond donors (Lipinski definition) is 2. The Morgan fingerprint density at radius 1 is 1.08 bits per heavy atom. The number of phenols is 1. The number of nitrogens with zero attached hydrogens (tertiary/aromatic N) is 2. The van der Waals surface area contributed by atoms with E-state index >= 15 is 0 Å². The molecule has 38 heavy (non-hydrogen) atoms. The van der Waals surface area contributed by atoms with Gasteiger partial charge in [-0.05, 0) is 87.2 Å². The maximum atomic E-state index is 12.3. The molecule has 7 heteroatoms. The number of carbonyl (C=O) groups is 1. The van der Waals surface area contributed by atoms with Crippen LogP contribution in [-0.4, -0.2) is 68.4 Å². The number of hydrogen-bond acceptors (Lipinski definition) is 5. The topological polar surface area (TPSA) is 65.0 Å². The molecular formula is C31H44ClN3O3. The van der Waals surface area contributed by atoms with E-state index in [0.29, 0.717) is 18.0 Å². The summed E-state index contributed by atoms with van der Waals surface area (Å²) in [7, 11) is 1.82. The quantitative estimate of drug-likeness (QED) is 0.347. The van der Waals surface area contributed by atoms with Crippen LogP contribution < -0.4 is 10.2 Å². The molecule has 2 N–H and O–H groups in total. The lowest BCUT2D eigenvalue weighted by atomic mass is 9.77. The Morgan fingerprint density at radius 2 is 1.82 bits per heavy atom. The largest absolute Gasteiger partial charge is 0.507 e. The molecule has 2 aliphatic rings. The number of halogens is 1. The molecule has 2 fully saturated rings. The minimum atomic E-state index is -0.224. The summed E-state index contributed by atoms with van der Waals surface area (Å²) in [5, 5.41) is 13.6. The van der Waals surface area contributed by atoms with Gasteiger partial charge in [-0.3, -0.25) is 9.69 Å². The van der Waals surface area contributed by atoms with Crippen molar-refractivity contribution in [1.29, 1.82) is 0 Å². The maximum absolute atomic E-state index is 12.3. The van der Waals surface area contributed by atoms with Gasteiger partial charge in [-0.1, -0.05) is 42.6 Å². The normalized spacial score (nSPS) is 21.3. The highest BCUT2D eigenvalue weighted by molar-refractivity contribution is 6.31. The smallest absolute Gasteiger partial charge is 0.255 e. The number of carbonyl (C=O) groups excluding carboxylic acids is 1. The number of ether oxygens (including phenoxy) is 1. The van der Waals surface area contributed by atoms with E-state index in [1.807, 2.05) is 13.2 Å². The Kier molecular flexibility index (Phi) is 10.7. The fourth-order valence-corrected chi connectivity index (χ4v) is 6.35. The molecule has 4 rings (SSSR count). The van der Waals surface area contributed by atoms with Crippen LogP contribution in [0.4, 0.5) is 5.69 Å². The van der Waals surface area contributed by atoms with E-state index in [-0.39, 0.29) is 17.8 Å². The SMILES string of the molecule is COC(CCCNC(=O)c1ccccc1O)C1CCC(CCN2CCN(c3cccc(Cl)c3C)CC2)CC1. The van der Waals surface area contributed by atoms with E-state index in [1.54, 1.807) is 18.2 Å². The van der Waals surface area contributed by atoms with Crippen molar-refractivity contribution in [3.05, 3.63) is 58.6 Å². The summed E-state index contributed by atoms with van der Waals surface area (Å²) in [6.45, 7) is 8.27. The Labute approximate surface area is 233 Å². The van der Waals surface area contributed by atoms with Crippen molar-refractivity contribution in [2.45, 2.75) is 58.0 Å². The fraction of sp³-hybridized carbons (Fsp3) is 0.581. The maximum Gasteiger partial charge on any atom is 0.255 e. The van der Waals surface area contributed by atoms with Crippen molar-refractivity contribution >= 4 is 23.2 Å². The third kappa shape index (κ3) is 7.64. The van der Waals surface area contributed by atoms with Gasteiger partial charge in [0.05, 0.1) is 11.7 Å². The lowest BCUT2D eigenvalue weighted by Crippen LogP contribution is -2.47. The van der Waals surface area contributed by atoms with Gasteiger partial charge in [-0.2, -0.15) is 0 Å². The van der Waals surface area contributed by atoms with Gasteiger partial charge in [-0.15, -0.1) is 0 Å². The molecule has 6 nitrogen and oxygen atoms in total. The van der Waals surface area contributed by atoms with Crippen LogP contribution in [0, 0.1) is 18.8 Å². The first-order valence-corrected chi connectivity index (χ1v) is 14.7. The molecule has 1 heterocycles. The van der Waals surface area contributed by atoms with Crippen molar-refractivity contribution in [1.82, 2.24) is 10.2 Å². The first kappa shape index (κ1) is 28.7. The van der Waals surface area contributed by atoms with Gasteiger partial charge < -0.3 is 20.1 Å². The highest BCUT2D eigenvalue weighted by Crippen LogP contribution is 2.35. The van der Waals surface area contributed by atoms with Crippen LogP contribution in [0.15, 0.2) is 42.5 Å². The van der Waals surface area contributed by atoms with Gasteiger partial charge >= 0.3 is 0 Å². The zero-order valence-corrected chi connectivity index (χ0v) is 23.8. The summed E-state index contributed by atoms with van der Waals surface area (Å²) in [6.07, 6.45) is 8.40. The number of phenolic OH excluding ortho intramolecular Hbond substituents is 1. The van der Waals surface area contributed by atoms with Crippen LogP contribution in [0.2, 0.25) is 5.02 Å². The number of anilines is 1. The number of methoxy groups -OCH3 is 1. The van der Waals surface area contributed by atoms with Crippen molar-refractivity contribution < 1.29 is 14.6 Å². The molecule has 2 aromatic carbocycles. The predicted octanol–water partition coefficient (Wildman–Crippen LogP) is 5.90. The second-order valence-electron chi connectivity index (χ2n) is 11.0. The van der Waals surface area contributed by atoms with Crippen LogP contribution in [0.5, 0.6) is 5.75 Å². The highest BCUT2D eigenvalue weighted by atomic mass is 35.5. The van der Waals surface area contributed by atoms with Gasteiger partial charge in [0.25, 0.3) is 5.91 Å². The average molecular weight is 542 g/mol. The number of nitrogens with one attached hydrogen (secondary N) is 1. The second-order valence-corrected chi connectivity index (χ2v) is 11.4. The van der Waals surface area contributed by atoms with E-state index in [9.17, 15) is 9.90 Å².